The first-order chi connectivity index (χ1) is 7.02. The third kappa shape index (κ3) is 1.54. The van der Waals surface area contributed by atoms with E-state index in [1.807, 2.05) is 36.9 Å². The number of rotatable bonds is 1. The number of hydrogen-bond donors (Lipinski definition) is 1. The Morgan fingerprint density at radius 1 is 1.40 bits per heavy atom. The van der Waals surface area contributed by atoms with Gasteiger partial charge >= 0.3 is 0 Å². The number of halogens is 1. The minimum atomic E-state index is -0.450. The van der Waals surface area contributed by atoms with E-state index in [9.17, 15) is 5.11 Å². The van der Waals surface area contributed by atoms with Crippen LogP contribution in [0.2, 0.25) is 5.02 Å². The maximum absolute atomic E-state index is 9.65. The fraction of sp³-hybridized carbons (Fsp3) is 0.333. The molecule has 0 radical (unpaired) electrons. The van der Waals surface area contributed by atoms with Crippen LogP contribution in [0.25, 0.3) is 10.9 Å². The largest absolute Gasteiger partial charge is 0.389 e. The molecule has 1 atom stereocenters. The van der Waals surface area contributed by atoms with Gasteiger partial charge in [0.25, 0.3) is 0 Å². The van der Waals surface area contributed by atoms with Crippen molar-refractivity contribution in [2.75, 3.05) is 0 Å². The quantitative estimate of drug-likeness (QED) is 0.789. The van der Waals surface area contributed by atoms with Crippen LogP contribution in [0.15, 0.2) is 18.3 Å². The van der Waals surface area contributed by atoms with E-state index >= 15 is 0 Å². The van der Waals surface area contributed by atoms with Crippen molar-refractivity contribution in [1.29, 1.82) is 0 Å². The van der Waals surface area contributed by atoms with Gasteiger partial charge in [-0.25, -0.2) is 0 Å². The summed E-state index contributed by atoms with van der Waals surface area (Å²) in [6, 6.07) is 3.85. The number of fused-ring (bicyclic) bond motifs is 1. The highest BCUT2D eigenvalue weighted by atomic mass is 35.5. The predicted octanol–water partition coefficient (Wildman–Crippen LogP) is 3.19. The van der Waals surface area contributed by atoms with Crippen LogP contribution < -0.4 is 0 Å². The first-order valence-corrected chi connectivity index (χ1v) is 5.32. The highest BCUT2D eigenvalue weighted by Crippen LogP contribution is 2.31. The van der Waals surface area contributed by atoms with Gasteiger partial charge < -0.3 is 9.67 Å². The smallest absolute Gasteiger partial charge is 0.0782 e. The van der Waals surface area contributed by atoms with Gasteiger partial charge in [0.2, 0.25) is 0 Å². The average Bonchev–Trinajstić information content (AvgIpc) is 2.50. The van der Waals surface area contributed by atoms with E-state index in [1.165, 1.54) is 0 Å². The molecule has 1 aromatic heterocycles. The van der Waals surface area contributed by atoms with Gasteiger partial charge in [-0.3, -0.25) is 0 Å². The number of aromatic nitrogens is 1. The lowest BCUT2D eigenvalue weighted by molar-refractivity contribution is 0.200. The van der Waals surface area contributed by atoms with Crippen molar-refractivity contribution in [3.8, 4) is 0 Å². The summed E-state index contributed by atoms with van der Waals surface area (Å²) in [5.74, 6) is 0. The van der Waals surface area contributed by atoms with Gasteiger partial charge in [0, 0.05) is 29.2 Å². The molecule has 0 aliphatic carbocycles. The molecule has 0 aliphatic heterocycles. The van der Waals surface area contributed by atoms with Gasteiger partial charge in [-0.05, 0) is 25.5 Å². The van der Waals surface area contributed by atoms with Crippen molar-refractivity contribution in [3.05, 3.63) is 34.5 Å². The van der Waals surface area contributed by atoms with Gasteiger partial charge in [-0.1, -0.05) is 17.7 Å². The molecular weight excluding hydrogens is 210 g/mol. The minimum absolute atomic E-state index is 0.450. The Morgan fingerprint density at radius 3 is 2.67 bits per heavy atom. The van der Waals surface area contributed by atoms with E-state index in [4.69, 9.17) is 11.6 Å². The van der Waals surface area contributed by atoms with E-state index in [1.54, 1.807) is 6.92 Å². The second kappa shape index (κ2) is 3.54. The van der Waals surface area contributed by atoms with Gasteiger partial charge in [0.05, 0.1) is 11.6 Å². The summed E-state index contributed by atoms with van der Waals surface area (Å²) in [4.78, 5) is 0. The molecule has 2 nitrogen and oxygen atoms in total. The molecule has 0 spiro atoms. The molecule has 2 aromatic rings. The third-order valence-corrected chi connectivity index (χ3v) is 3.22. The summed E-state index contributed by atoms with van der Waals surface area (Å²) < 4.78 is 2.01. The molecule has 1 aromatic carbocycles. The summed E-state index contributed by atoms with van der Waals surface area (Å²) in [5, 5.41) is 11.5. The van der Waals surface area contributed by atoms with Gasteiger partial charge in [-0.15, -0.1) is 0 Å². The fourth-order valence-corrected chi connectivity index (χ4v) is 2.19. The highest BCUT2D eigenvalue weighted by Gasteiger charge is 2.13. The standard InChI is InChI=1S/C12H14ClNO/c1-7-11(13)5-4-9-10(8(2)15)6-14(3)12(7)9/h4-6,8,15H,1-3H3. The lowest BCUT2D eigenvalue weighted by Crippen LogP contribution is -1.88. The second-order valence-corrected chi connectivity index (χ2v) is 4.35. The third-order valence-electron chi connectivity index (χ3n) is 2.81. The highest BCUT2D eigenvalue weighted by molar-refractivity contribution is 6.32. The first-order valence-electron chi connectivity index (χ1n) is 4.94. The van der Waals surface area contributed by atoms with Gasteiger partial charge in [0.1, 0.15) is 0 Å². The van der Waals surface area contributed by atoms with Crippen molar-refractivity contribution in [2.45, 2.75) is 20.0 Å². The summed E-state index contributed by atoms with van der Waals surface area (Å²) in [7, 11) is 1.97. The molecule has 80 valence electrons. The van der Waals surface area contributed by atoms with Gasteiger partial charge in [-0.2, -0.15) is 0 Å². The predicted molar refractivity (Wildman–Crippen MR) is 63.3 cm³/mol. The van der Waals surface area contributed by atoms with E-state index in [0.717, 1.165) is 27.1 Å². The van der Waals surface area contributed by atoms with Crippen molar-refractivity contribution >= 4 is 22.5 Å². The average molecular weight is 224 g/mol. The molecule has 0 fully saturated rings. The minimum Gasteiger partial charge on any atom is -0.389 e. The van der Waals surface area contributed by atoms with Crippen LogP contribution in [-0.2, 0) is 7.05 Å². The Balaban J connectivity index is 2.86. The summed E-state index contributed by atoms with van der Waals surface area (Å²) in [6.45, 7) is 3.77. The zero-order chi connectivity index (χ0) is 11.2. The zero-order valence-corrected chi connectivity index (χ0v) is 9.84. The van der Waals surface area contributed by atoms with Crippen LogP contribution in [0.3, 0.4) is 0 Å². The molecular formula is C12H14ClNO. The van der Waals surface area contributed by atoms with Crippen molar-refractivity contribution in [2.24, 2.45) is 7.05 Å². The SMILES string of the molecule is Cc1c(Cl)ccc2c(C(C)O)cn(C)c12. The molecule has 15 heavy (non-hydrogen) atoms. The molecule has 3 heteroatoms. The molecule has 1 N–H and O–H groups in total. The van der Waals surface area contributed by atoms with E-state index in [0.29, 0.717) is 0 Å². The lowest BCUT2D eigenvalue weighted by Gasteiger charge is -2.04. The molecule has 0 aliphatic rings. The normalized spacial score (nSPS) is 13.4. The summed E-state index contributed by atoms with van der Waals surface area (Å²) in [5.41, 5.74) is 3.11. The van der Waals surface area contributed by atoms with Crippen LogP contribution in [0.4, 0.5) is 0 Å². The second-order valence-electron chi connectivity index (χ2n) is 3.94. The molecule has 1 unspecified atom stereocenters. The molecule has 2 rings (SSSR count). The summed E-state index contributed by atoms with van der Waals surface area (Å²) >= 11 is 6.07. The van der Waals surface area contributed by atoms with Crippen LogP contribution >= 0.6 is 11.6 Å². The number of aliphatic hydroxyl groups excluding tert-OH is 1. The Hall–Kier alpha value is -0.990. The molecule has 0 bridgehead atoms. The maximum Gasteiger partial charge on any atom is 0.0782 e. The van der Waals surface area contributed by atoms with Crippen molar-refractivity contribution < 1.29 is 5.11 Å². The molecule has 0 saturated carbocycles. The maximum atomic E-state index is 9.65. The zero-order valence-electron chi connectivity index (χ0n) is 9.08. The Labute approximate surface area is 94.1 Å². The van der Waals surface area contributed by atoms with E-state index in [-0.39, 0.29) is 0 Å². The monoisotopic (exact) mass is 223 g/mol. The number of hydrogen-bond acceptors (Lipinski definition) is 1. The molecule has 0 saturated heterocycles. The number of nitrogens with zero attached hydrogens (tertiary/aromatic N) is 1. The fourth-order valence-electron chi connectivity index (χ4n) is 2.04. The van der Waals surface area contributed by atoms with Crippen molar-refractivity contribution in [3.63, 3.8) is 0 Å². The topological polar surface area (TPSA) is 25.2 Å². The van der Waals surface area contributed by atoms with Crippen LogP contribution in [-0.4, -0.2) is 9.67 Å². The van der Waals surface area contributed by atoms with E-state index < -0.39 is 6.10 Å². The van der Waals surface area contributed by atoms with Crippen LogP contribution in [0, 0.1) is 6.92 Å². The van der Waals surface area contributed by atoms with Gasteiger partial charge in [0.15, 0.2) is 0 Å². The molecule has 0 amide bonds. The van der Waals surface area contributed by atoms with Crippen LogP contribution in [0.5, 0.6) is 0 Å². The molecule has 1 heterocycles. The first kappa shape index (κ1) is 10.5. The van der Waals surface area contributed by atoms with E-state index in [2.05, 4.69) is 0 Å². The Bertz CT molecular complexity index is 514. The Kier molecular flexibility index (Phi) is 2.49. The summed E-state index contributed by atoms with van der Waals surface area (Å²) in [6.07, 6.45) is 1.51. The lowest BCUT2D eigenvalue weighted by atomic mass is 10.1. The number of benzene rings is 1. The number of aliphatic hydroxyl groups is 1. The van der Waals surface area contributed by atoms with Crippen LogP contribution in [0.1, 0.15) is 24.2 Å². The van der Waals surface area contributed by atoms with Crippen molar-refractivity contribution in [1.82, 2.24) is 4.57 Å². The Morgan fingerprint density at radius 2 is 2.07 bits per heavy atom. The number of aryl methyl sites for hydroxylation is 2.